The largest absolute Gasteiger partial charge is 0.497 e. The van der Waals surface area contributed by atoms with E-state index < -0.39 is 0 Å². The van der Waals surface area contributed by atoms with Crippen LogP contribution in [0.4, 0.5) is 5.69 Å². The number of ether oxygens (including phenoxy) is 1. The monoisotopic (exact) mass is 365 g/mol. The smallest absolute Gasteiger partial charge is 0.255 e. The van der Waals surface area contributed by atoms with Crippen LogP contribution in [0.25, 0.3) is 0 Å². The zero-order chi connectivity index (χ0) is 18.5. The molecule has 0 bridgehead atoms. The Morgan fingerprint density at radius 3 is 2.23 bits per heavy atom. The molecule has 0 aromatic heterocycles. The minimum Gasteiger partial charge on any atom is -0.497 e. The Kier molecular flexibility index (Phi) is 5.34. The van der Waals surface area contributed by atoms with E-state index in [9.17, 15) is 9.59 Å². The standard InChI is InChI=1S/C21H16ClNO3/c1-26-17-10-7-15(8-11-17)21(25)23-19-12-9-16(22)13-18(19)20(24)14-5-3-2-4-6-14/h2-13H,1H3,(H,23,25). The highest BCUT2D eigenvalue weighted by Crippen LogP contribution is 2.24. The van der Waals surface area contributed by atoms with E-state index in [0.717, 1.165) is 0 Å². The molecule has 0 aliphatic carbocycles. The summed E-state index contributed by atoms with van der Waals surface area (Å²) in [4.78, 5) is 25.3. The van der Waals surface area contributed by atoms with Gasteiger partial charge in [0.2, 0.25) is 0 Å². The molecule has 3 aromatic rings. The maximum absolute atomic E-state index is 12.8. The predicted octanol–water partition coefficient (Wildman–Crippen LogP) is 4.83. The van der Waals surface area contributed by atoms with Crippen molar-refractivity contribution in [3.8, 4) is 5.75 Å². The van der Waals surface area contributed by atoms with Gasteiger partial charge in [0.15, 0.2) is 5.78 Å². The quantitative estimate of drug-likeness (QED) is 0.659. The molecule has 4 nitrogen and oxygen atoms in total. The number of nitrogens with one attached hydrogen (secondary N) is 1. The van der Waals surface area contributed by atoms with E-state index in [-0.39, 0.29) is 11.7 Å². The van der Waals surface area contributed by atoms with E-state index in [2.05, 4.69) is 5.32 Å². The lowest BCUT2D eigenvalue weighted by Crippen LogP contribution is -2.15. The highest BCUT2D eigenvalue weighted by molar-refractivity contribution is 6.31. The number of benzene rings is 3. The first-order valence-corrected chi connectivity index (χ1v) is 8.31. The first kappa shape index (κ1) is 17.7. The number of halogens is 1. The Morgan fingerprint density at radius 2 is 1.58 bits per heavy atom. The third-order valence-electron chi connectivity index (χ3n) is 3.86. The van der Waals surface area contributed by atoms with Crippen LogP contribution in [0.15, 0.2) is 72.8 Å². The number of methoxy groups -OCH3 is 1. The van der Waals surface area contributed by atoms with E-state index in [1.807, 2.05) is 6.07 Å². The molecule has 0 unspecified atom stereocenters. The van der Waals surface area contributed by atoms with Crippen LogP contribution in [0, 0.1) is 0 Å². The molecule has 3 aromatic carbocycles. The fourth-order valence-electron chi connectivity index (χ4n) is 2.50. The molecule has 5 heteroatoms. The predicted molar refractivity (Wildman–Crippen MR) is 102 cm³/mol. The van der Waals surface area contributed by atoms with Crippen molar-refractivity contribution < 1.29 is 14.3 Å². The van der Waals surface area contributed by atoms with Crippen molar-refractivity contribution in [1.29, 1.82) is 0 Å². The van der Waals surface area contributed by atoms with E-state index in [4.69, 9.17) is 16.3 Å². The van der Waals surface area contributed by atoms with Gasteiger partial charge in [-0.2, -0.15) is 0 Å². The molecule has 0 atom stereocenters. The van der Waals surface area contributed by atoms with E-state index >= 15 is 0 Å². The lowest BCUT2D eigenvalue weighted by Gasteiger charge is -2.11. The SMILES string of the molecule is COc1ccc(C(=O)Nc2ccc(Cl)cc2C(=O)c2ccccc2)cc1. The van der Waals surface area contributed by atoms with Crippen molar-refractivity contribution in [2.24, 2.45) is 0 Å². The molecule has 0 radical (unpaired) electrons. The van der Waals surface area contributed by atoms with Crippen molar-refractivity contribution >= 4 is 29.0 Å². The van der Waals surface area contributed by atoms with E-state index in [1.165, 1.54) is 0 Å². The topological polar surface area (TPSA) is 55.4 Å². The second-order valence-corrected chi connectivity index (χ2v) is 6.00. The van der Waals surface area contributed by atoms with Gasteiger partial charge in [0, 0.05) is 21.7 Å². The van der Waals surface area contributed by atoms with Crippen LogP contribution in [0.5, 0.6) is 5.75 Å². The molecule has 0 spiro atoms. The van der Waals surface area contributed by atoms with Gasteiger partial charge in [-0.1, -0.05) is 41.9 Å². The summed E-state index contributed by atoms with van der Waals surface area (Å²) in [5.41, 5.74) is 1.73. The van der Waals surface area contributed by atoms with Gasteiger partial charge >= 0.3 is 0 Å². The Hall–Kier alpha value is -3.11. The summed E-state index contributed by atoms with van der Waals surface area (Å²) in [6, 6.07) is 20.4. The molecule has 130 valence electrons. The lowest BCUT2D eigenvalue weighted by molar-refractivity contribution is 0.102. The zero-order valence-corrected chi connectivity index (χ0v) is 14.8. The molecular weight excluding hydrogens is 350 g/mol. The van der Waals surface area contributed by atoms with Gasteiger partial charge in [0.05, 0.1) is 12.8 Å². The molecular formula is C21H16ClNO3. The summed E-state index contributed by atoms with van der Waals surface area (Å²) in [5.74, 6) is 0.128. The third-order valence-corrected chi connectivity index (χ3v) is 4.10. The Labute approximate surface area is 156 Å². The highest BCUT2D eigenvalue weighted by Gasteiger charge is 2.16. The summed E-state index contributed by atoms with van der Waals surface area (Å²) in [6.07, 6.45) is 0. The van der Waals surface area contributed by atoms with Crippen LogP contribution in [0.3, 0.4) is 0 Å². The zero-order valence-electron chi connectivity index (χ0n) is 14.0. The Morgan fingerprint density at radius 1 is 0.885 bits per heavy atom. The summed E-state index contributed by atoms with van der Waals surface area (Å²) in [7, 11) is 1.56. The number of hydrogen-bond donors (Lipinski definition) is 1. The van der Waals surface area contributed by atoms with Crippen LogP contribution in [-0.4, -0.2) is 18.8 Å². The van der Waals surface area contributed by atoms with Crippen LogP contribution in [-0.2, 0) is 0 Å². The van der Waals surface area contributed by atoms with Crippen molar-refractivity contribution in [3.05, 3.63) is 94.5 Å². The number of amides is 1. The van der Waals surface area contributed by atoms with Gasteiger partial charge in [-0.05, 0) is 42.5 Å². The van der Waals surface area contributed by atoms with Crippen molar-refractivity contribution in [1.82, 2.24) is 0 Å². The van der Waals surface area contributed by atoms with Gasteiger partial charge in [-0.15, -0.1) is 0 Å². The minimum atomic E-state index is -0.322. The van der Waals surface area contributed by atoms with Crippen LogP contribution in [0.1, 0.15) is 26.3 Å². The van der Waals surface area contributed by atoms with Gasteiger partial charge in [-0.25, -0.2) is 0 Å². The third kappa shape index (κ3) is 3.92. The van der Waals surface area contributed by atoms with Crippen LogP contribution < -0.4 is 10.1 Å². The summed E-state index contributed by atoms with van der Waals surface area (Å²) >= 11 is 6.06. The maximum Gasteiger partial charge on any atom is 0.255 e. The lowest BCUT2D eigenvalue weighted by atomic mass is 10.0. The minimum absolute atomic E-state index is 0.210. The van der Waals surface area contributed by atoms with Gasteiger partial charge in [-0.3, -0.25) is 9.59 Å². The Balaban J connectivity index is 1.90. The second kappa shape index (κ2) is 7.85. The molecule has 0 aliphatic heterocycles. The molecule has 0 saturated carbocycles. The summed E-state index contributed by atoms with van der Waals surface area (Å²) in [5, 5.41) is 3.21. The Bertz CT molecular complexity index is 937. The molecule has 1 amide bonds. The normalized spacial score (nSPS) is 10.2. The van der Waals surface area contributed by atoms with Crippen LogP contribution in [0.2, 0.25) is 5.02 Å². The van der Waals surface area contributed by atoms with Gasteiger partial charge < -0.3 is 10.1 Å². The molecule has 0 saturated heterocycles. The summed E-state index contributed by atoms with van der Waals surface area (Å²) in [6.45, 7) is 0. The number of carbonyl (C=O) groups is 2. The number of hydrogen-bond acceptors (Lipinski definition) is 3. The number of anilines is 1. The van der Waals surface area contributed by atoms with E-state index in [0.29, 0.717) is 33.1 Å². The molecule has 1 N–H and O–H groups in total. The molecule has 3 rings (SSSR count). The maximum atomic E-state index is 12.8. The number of carbonyl (C=O) groups excluding carboxylic acids is 2. The molecule has 26 heavy (non-hydrogen) atoms. The fraction of sp³-hybridized carbons (Fsp3) is 0.0476. The molecule has 0 fully saturated rings. The number of rotatable bonds is 5. The summed E-state index contributed by atoms with van der Waals surface area (Å²) < 4.78 is 5.09. The number of ketones is 1. The average molecular weight is 366 g/mol. The molecule has 0 heterocycles. The molecule has 0 aliphatic rings. The van der Waals surface area contributed by atoms with Gasteiger partial charge in [0.25, 0.3) is 5.91 Å². The van der Waals surface area contributed by atoms with Gasteiger partial charge in [0.1, 0.15) is 5.75 Å². The highest BCUT2D eigenvalue weighted by atomic mass is 35.5. The average Bonchev–Trinajstić information content (AvgIpc) is 2.69. The van der Waals surface area contributed by atoms with Crippen molar-refractivity contribution in [3.63, 3.8) is 0 Å². The fourth-order valence-corrected chi connectivity index (χ4v) is 2.67. The first-order valence-electron chi connectivity index (χ1n) is 7.93. The van der Waals surface area contributed by atoms with Crippen molar-refractivity contribution in [2.75, 3.05) is 12.4 Å². The van der Waals surface area contributed by atoms with Crippen molar-refractivity contribution in [2.45, 2.75) is 0 Å². The first-order chi connectivity index (χ1) is 12.6. The second-order valence-electron chi connectivity index (χ2n) is 5.57. The van der Waals surface area contributed by atoms with Crippen LogP contribution >= 0.6 is 11.6 Å². The van der Waals surface area contributed by atoms with E-state index in [1.54, 1.807) is 73.8 Å².